The van der Waals surface area contributed by atoms with E-state index in [0.29, 0.717) is 6.54 Å². The molecule has 0 amide bonds. The van der Waals surface area contributed by atoms with Crippen molar-refractivity contribution in [1.82, 2.24) is 15.3 Å². The van der Waals surface area contributed by atoms with Crippen LogP contribution in [0.2, 0.25) is 0 Å². The van der Waals surface area contributed by atoms with Gasteiger partial charge < -0.3 is 15.4 Å². The van der Waals surface area contributed by atoms with Crippen LogP contribution in [-0.2, 0) is 6.54 Å². The molecule has 1 aromatic carbocycles. The average Bonchev–Trinajstić information content (AvgIpc) is 2.40. The van der Waals surface area contributed by atoms with Crippen molar-refractivity contribution in [3.8, 4) is 5.75 Å². The van der Waals surface area contributed by atoms with Crippen LogP contribution in [-0.4, -0.2) is 24.1 Å². The lowest BCUT2D eigenvalue weighted by Crippen LogP contribution is -2.09. The first-order valence-corrected chi connectivity index (χ1v) is 6.59. The minimum atomic E-state index is 0.630. The molecule has 0 aliphatic rings. The molecule has 0 unspecified atom stereocenters. The molecule has 0 saturated carbocycles. The largest absolute Gasteiger partial charge is 0.495 e. The second kappa shape index (κ2) is 6.49. The quantitative estimate of drug-likeness (QED) is 0.886. The molecule has 0 spiro atoms. The van der Waals surface area contributed by atoms with E-state index < -0.39 is 0 Å². The molecule has 0 bridgehead atoms. The first-order chi connectivity index (χ1) is 9.22. The van der Waals surface area contributed by atoms with Gasteiger partial charge in [0.2, 0.25) is 0 Å². The molecule has 2 rings (SSSR count). The number of benzene rings is 1. The highest BCUT2D eigenvalue weighted by atomic mass is 79.9. The summed E-state index contributed by atoms with van der Waals surface area (Å²) in [4.78, 5) is 8.58. The Balaban J connectivity index is 2.25. The predicted octanol–water partition coefficient (Wildman–Crippen LogP) is 2.71. The second-order valence-electron chi connectivity index (χ2n) is 3.86. The SMILES string of the molecule is CNCc1nccc(Nc2cc(Br)ccc2OC)n1. The Morgan fingerprint density at radius 1 is 1.32 bits per heavy atom. The summed E-state index contributed by atoms with van der Waals surface area (Å²) in [6.07, 6.45) is 1.73. The number of nitrogens with zero attached hydrogens (tertiary/aromatic N) is 2. The van der Waals surface area contributed by atoms with E-state index in [1.165, 1.54) is 0 Å². The molecule has 0 atom stereocenters. The van der Waals surface area contributed by atoms with E-state index in [1.807, 2.05) is 31.3 Å². The summed E-state index contributed by atoms with van der Waals surface area (Å²) in [5.74, 6) is 2.23. The number of hydrogen-bond acceptors (Lipinski definition) is 5. The van der Waals surface area contributed by atoms with Crippen LogP contribution in [0.4, 0.5) is 11.5 Å². The summed E-state index contributed by atoms with van der Waals surface area (Å²) < 4.78 is 6.28. The van der Waals surface area contributed by atoms with Gasteiger partial charge in [0.05, 0.1) is 19.3 Å². The van der Waals surface area contributed by atoms with Crippen molar-refractivity contribution in [1.29, 1.82) is 0 Å². The summed E-state index contributed by atoms with van der Waals surface area (Å²) in [5, 5.41) is 6.25. The van der Waals surface area contributed by atoms with Gasteiger partial charge in [-0.2, -0.15) is 0 Å². The van der Waals surface area contributed by atoms with E-state index in [9.17, 15) is 0 Å². The van der Waals surface area contributed by atoms with Gasteiger partial charge in [-0.05, 0) is 31.3 Å². The van der Waals surface area contributed by atoms with E-state index in [2.05, 4.69) is 36.5 Å². The molecule has 0 saturated heterocycles. The molecular formula is C13H15BrN4O. The molecule has 6 heteroatoms. The first kappa shape index (κ1) is 13.8. The lowest BCUT2D eigenvalue weighted by molar-refractivity contribution is 0.416. The minimum absolute atomic E-state index is 0.630. The van der Waals surface area contributed by atoms with Gasteiger partial charge >= 0.3 is 0 Å². The van der Waals surface area contributed by atoms with Crippen LogP contribution >= 0.6 is 15.9 Å². The standard InChI is InChI=1S/C13H15BrN4O/c1-15-8-13-16-6-5-12(18-13)17-10-7-9(14)3-4-11(10)19-2/h3-7,15H,8H2,1-2H3,(H,16,17,18). The zero-order chi connectivity index (χ0) is 13.7. The number of halogens is 1. The topological polar surface area (TPSA) is 59.1 Å². The van der Waals surface area contributed by atoms with E-state index in [1.54, 1.807) is 13.3 Å². The zero-order valence-electron chi connectivity index (χ0n) is 10.8. The van der Waals surface area contributed by atoms with Crippen molar-refractivity contribution in [2.45, 2.75) is 6.54 Å². The van der Waals surface area contributed by atoms with Crippen molar-refractivity contribution < 1.29 is 4.74 Å². The monoisotopic (exact) mass is 322 g/mol. The van der Waals surface area contributed by atoms with Gasteiger partial charge in [0, 0.05) is 10.7 Å². The molecule has 0 fully saturated rings. The summed E-state index contributed by atoms with van der Waals surface area (Å²) in [6.45, 7) is 0.630. The second-order valence-corrected chi connectivity index (χ2v) is 4.77. The van der Waals surface area contributed by atoms with E-state index >= 15 is 0 Å². The normalized spacial score (nSPS) is 10.3. The van der Waals surface area contributed by atoms with Crippen LogP contribution in [0.3, 0.4) is 0 Å². The van der Waals surface area contributed by atoms with Gasteiger partial charge in [0.1, 0.15) is 17.4 Å². The van der Waals surface area contributed by atoms with Crippen molar-refractivity contribution in [3.63, 3.8) is 0 Å². The van der Waals surface area contributed by atoms with Gasteiger partial charge in [0.25, 0.3) is 0 Å². The molecule has 1 aromatic heterocycles. The Morgan fingerprint density at radius 3 is 2.89 bits per heavy atom. The van der Waals surface area contributed by atoms with E-state index in [0.717, 1.165) is 27.6 Å². The Morgan fingerprint density at radius 2 is 2.16 bits per heavy atom. The van der Waals surface area contributed by atoms with Gasteiger partial charge in [0.15, 0.2) is 0 Å². The average molecular weight is 323 g/mol. The minimum Gasteiger partial charge on any atom is -0.495 e. The number of ether oxygens (including phenoxy) is 1. The third kappa shape index (κ3) is 3.65. The number of hydrogen-bond donors (Lipinski definition) is 2. The fourth-order valence-electron chi connectivity index (χ4n) is 1.63. The number of anilines is 2. The summed E-state index contributed by atoms with van der Waals surface area (Å²) in [5.41, 5.74) is 0.853. The lowest BCUT2D eigenvalue weighted by atomic mass is 10.3. The van der Waals surface area contributed by atoms with Crippen LogP contribution in [0.25, 0.3) is 0 Å². The molecule has 2 aromatic rings. The Kier molecular flexibility index (Phi) is 4.70. The summed E-state index contributed by atoms with van der Waals surface area (Å²) in [6, 6.07) is 7.58. The van der Waals surface area contributed by atoms with Gasteiger partial charge in [-0.3, -0.25) is 0 Å². The third-order valence-electron chi connectivity index (χ3n) is 2.46. The molecule has 0 aliphatic carbocycles. The van der Waals surface area contributed by atoms with Crippen LogP contribution in [0, 0.1) is 0 Å². The van der Waals surface area contributed by atoms with Crippen molar-refractivity contribution in [2.24, 2.45) is 0 Å². The van der Waals surface area contributed by atoms with Gasteiger partial charge in [-0.25, -0.2) is 9.97 Å². The molecule has 0 aliphatic heterocycles. The van der Waals surface area contributed by atoms with Crippen molar-refractivity contribution in [2.75, 3.05) is 19.5 Å². The number of methoxy groups -OCH3 is 1. The van der Waals surface area contributed by atoms with E-state index in [4.69, 9.17) is 4.74 Å². The highest BCUT2D eigenvalue weighted by molar-refractivity contribution is 9.10. The maximum atomic E-state index is 5.31. The molecule has 2 N–H and O–H groups in total. The Labute approximate surface area is 120 Å². The molecular weight excluding hydrogens is 308 g/mol. The molecule has 5 nitrogen and oxygen atoms in total. The van der Waals surface area contributed by atoms with Gasteiger partial charge in [-0.1, -0.05) is 15.9 Å². The first-order valence-electron chi connectivity index (χ1n) is 5.80. The number of nitrogens with one attached hydrogen (secondary N) is 2. The third-order valence-corrected chi connectivity index (χ3v) is 2.96. The molecule has 100 valence electrons. The highest BCUT2D eigenvalue weighted by Crippen LogP contribution is 2.29. The molecule has 1 heterocycles. The van der Waals surface area contributed by atoms with Crippen LogP contribution in [0.1, 0.15) is 5.82 Å². The predicted molar refractivity (Wildman–Crippen MR) is 78.8 cm³/mol. The molecule has 0 radical (unpaired) electrons. The summed E-state index contributed by atoms with van der Waals surface area (Å²) >= 11 is 3.44. The fraction of sp³-hybridized carbons (Fsp3) is 0.231. The van der Waals surface area contributed by atoms with Crippen molar-refractivity contribution in [3.05, 3.63) is 40.8 Å². The fourth-order valence-corrected chi connectivity index (χ4v) is 1.99. The zero-order valence-corrected chi connectivity index (χ0v) is 12.4. The van der Waals surface area contributed by atoms with Crippen LogP contribution < -0.4 is 15.4 Å². The van der Waals surface area contributed by atoms with Crippen molar-refractivity contribution >= 4 is 27.4 Å². The number of aromatic nitrogens is 2. The maximum Gasteiger partial charge on any atom is 0.144 e. The lowest BCUT2D eigenvalue weighted by Gasteiger charge is -2.11. The number of rotatable bonds is 5. The Hall–Kier alpha value is -1.66. The molecule has 19 heavy (non-hydrogen) atoms. The van der Waals surface area contributed by atoms with E-state index in [-0.39, 0.29) is 0 Å². The summed E-state index contributed by atoms with van der Waals surface area (Å²) in [7, 11) is 3.50. The Bertz CT molecular complexity index is 562. The van der Waals surface area contributed by atoms with Gasteiger partial charge in [-0.15, -0.1) is 0 Å². The smallest absolute Gasteiger partial charge is 0.144 e. The maximum absolute atomic E-state index is 5.31. The highest BCUT2D eigenvalue weighted by Gasteiger charge is 2.05. The van der Waals surface area contributed by atoms with Crippen LogP contribution in [0.5, 0.6) is 5.75 Å². The van der Waals surface area contributed by atoms with Crippen LogP contribution in [0.15, 0.2) is 34.9 Å².